The van der Waals surface area contributed by atoms with Crippen molar-refractivity contribution in [3.63, 3.8) is 0 Å². The Morgan fingerprint density at radius 1 is 1.35 bits per heavy atom. The maximum absolute atomic E-state index is 13.0. The topological polar surface area (TPSA) is 43.4 Å². The van der Waals surface area contributed by atoms with Crippen LogP contribution in [-0.4, -0.2) is 31.9 Å². The summed E-state index contributed by atoms with van der Waals surface area (Å²) < 4.78 is 23.7. The quantitative estimate of drug-likeness (QED) is 0.705. The van der Waals surface area contributed by atoms with E-state index in [2.05, 4.69) is 10.3 Å². The molecule has 1 heterocycles. The lowest BCUT2D eigenvalue weighted by atomic mass is 10.2. The van der Waals surface area contributed by atoms with Crippen molar-refractivity contribution in [1.82, 2.24) is 10.3 Å². The number of aromatic nitrogens is 1. The Hall–Kier alpha value is -1.20. The van der Waals surface area contributed by atoms with Crippen molar-refractivity contribution in [2.75, 3.05) is 26.9 Å². The third kappa shape index (κ3) is 5.10. The molecule has 96 valence electrons. The van der Waals surface area contributed by atoms with Crippen molar-refractivity contribution in [1.29, 1.82) is 0 Å². The second kappa shape index (κ2) is 7.97. The largest absolute Gasteiger partial charge is 0.475 e. The Labute approximate surface area is 101 Å². The predicted octanol–water partition coefficient (Wildman–Crippen LogP) is 1.75. The molecule has 0 saturated heterocycles. The molecule has 0 aromatic carbocycles. The Kier molecular flexibility index (Phi) is 6.50. The summed E-state index contributed by atoms with van der Waals surface area (Å²) in [5.41, 5.74) is 0.711. The number of nitrogens with one attached hydrogen (secondary N) is 1. The highest BCUT2D eigenvalue weighted by molar-refractivity contribution is 5.25. The average Bonchev–Trinajstić information content (AvgIpc) is 2.32. The molecule has 0 spiro atoms. The normalized spacial score (nSPS) is 10.5. The standard InChI is InChI=1S/C12H19FN2O2/c1-3-4-16-5-6-17-12-10(8-14-2)7-11(13)9-15-12/h7,9,14H,3-6,8H2,1-2H3. The molecule has 5 heteroatoms. The highest BCUT2D eigenvalue weighted by atomic mass is 19.1. The minimum atomic E-state index is -0.357. The van der Waals surface area contributed by atoms with E-state index in [0.717, 1.165) is 19.2 Å². The number of hydrogen-bond acceptors (Lipinski definition) is 4. The smallest absolute Gasteiger partial charge is 0.218 e. The highest BCUT2D eigenvalue weighted by Crippen LogP contribution is 2.15. The van der Waals surface area contributed by atoms with E-state index in [1.807, 2.05) is 6.92 Å². The fourth-order valence-corrected chi connectivity index (χ4v) is 1.36. The minimum Gasteiger partial charge on any atom is -0.475 e. The van der Waals surface area contributed by atoms with Gasteiger partial charge in [-0.05, 0) is 19.5 Å². The third-order valence-electron chi connectivity index (χ3n) is 2.07. The van der Waals surface area contributed by atoms with E-state index in [0.29, 0.717) is 31.2 Å². The molecule has 0 aliphatic carbocycles. The predicted molar refractivity (Wildman–Crippen MR) is 63.6 cm³/mol. The van der Waals surface area contributed by atoms with Gasteiger partial charge < -0.3 is 14.8 Å². The van der Waals surface area contributed by atoms with Crippen LogP contribution in [0.15, 0.2) is 12.3 Å². The van der Waals surface area contributed by atoms with E-state index >= 15 is 0 Å². The SMILES string of the molecule is CCCOCCOc1ncc(F)cc1CNC. The summed E-state index contributed by atoms with van der Waals surface area (Å²) in [6.45, 7) is 4.24. The van der Waals surface area contributed by atoms with E-state index in [-0.39, 0.29) is 5.82 Å². The Balaban J connectivity index is 2.45. The van der Waals surface area contributed by atoms with E-state index < -0.39 is 0 Å². The van der Waals surface area contributed by atoms with Crippen LogP contribution in [0.1, 0.15) is 18.9 Å². The fourth-order valence-electron chi connectivity index (χ4n) is 1.36. The van der Waals surface area contributed by atoms with Gasteiger partial charge >= 0.3 is 0 Å². The van der Waals surface area contributed by atoms with Gasteiger partial charge in [-0.1, -0.05) is 6.92 Å². The molecule has 1 N–H and O–H groups in total. The lowest BCUT2D eigenvalue weighted by Crippen LogP contribution is -2.12. The first-order valence-corrected chi connectivity index (χ1v) is 5.77. The van der Waals surface area contributed by atoms with Gasteiger partial charge in [0.2, 0.25) is 5.88 Å². The van der Waals surface area contributed by atoms with Crippen LogP contribution >= 0.6 is 0 Å². The summed E-state index contributed by atoms with van der Waals surface area (Å²) in [6, 6.07) is 1.42. The van der Waals surface area contributed by atoms with Crippen LogP contribution in [0, 0.1) is 5.82 Å². The highest BCUT2D eigenvalue weighted by Gasteiger charge is 2.06. The molecule has 0 aliphatic heterocycles. The first-order chi connectivity index (χ1) is 8.27. The lowest BCUT2D eigenvalue weighted by Gasteiger charge is -2.10. The third-order valence-corrected chi connectivity index (χ3v) is 2.07. The van der Waals surface area contributed by atoms with Crippen molar-refractivity contribution in [3.8, 4) is 5.88 Å². The molecule has 1 rings (SSSR count). The van der Waals surface area contributed by atoms with Crippen LogP contribution in [0.3, 0.4) is 0 Å². The zero-order chi connectivity index (χ0) is 12.5. The van der Waals surface area contributed by atoms with Gasteiger partial charge in [0.05, 0.1) is 12.8 Å². The summed E-state index contributed by atoms with van der Waals surface area (Å²) >= 11 is 0. The molecule has 0 bridgehead atoms. The fraction of sp³-hybridized carbons (Fsp3) is 0.583. The summed E-state index contributed by atoms with van der Waals surface area (Å²) in [4.78, 5) is 3.92. The molecule has 1 aromatic heterocycles. The van der Waals surface area contributed by atoms with E-state index in [4.69, 9.17) is 9.47 Å². The van der Waals surface area contributed by atoms with Crippen molar-refractivity contribution >= 4 is 0 Å². The monoisotopic (exact) mass is 242 g/mol. The molecule has 0 fully saturated rings. The Morgan fingerprint density at radius 2 is 2.18 bits per heavy atom. The molecule has 4 nitrogen and oxygen atoms in total. The van der Waals surface area contributed by atoms with Crippen molar-refractivity contribution in [3.05, 3.63) is 23.6 Å². The number of pyridine rings is 1. The summed E-state index contributed by atoms with van der Waals surface area (Å²) in [7, 11) is 1.79. The molecule has 0 unspecified atom stereocenters. The summed E-state index contributed by atoms with van der Waals surface area (Å²) in [5, 5.41) is 2.94. The van der Waals surface area contributed by atoms with Crippen LogP contribution in [0.25, 0.3) is 0 Å². The molecular weight excluding hydrogens is 223 g/mol. The molecule has 0 aliphatic rings. The second-order valence-corrected chi connectivity index (χ2v) is 3.61. The van der Waals surface area contributed by atoms with Gasteiger partial charge in [0.25, 0.3) is 0 Å². The van der Waals surface area contributed by atoms with Gasteiger partial charge in [-0.25, -0.2) is 9.37 Å². The second-order valence-electron chi connectivity index (χ2n) is 3.61. The van der Waals surface area contributed by atoms with Gasteiger partial charge in [-0.3, -0.25) is 0 Å². The molecule has 0 atom stereocenters. The van der Waals surface area contributed by atoms with Gasteiger partial charge in [-0.2, -0.15) is 0 Å². The number of rotatable bonds is 8. The first-order valence-electron chi connectivity index (χ1n) is 5.77. The maximum Gasteiger partial charge on any atom is 0.218 e. The maximum atomic E-state index is 13.0. The molecule has 1 aromatic rings. The van der Waals surface area contributed by atoms with Crippen molar-refractivity contribution in [2.45, 2.75) is 19.9 Å². The van der Waals surface area contributed by atoms with E-state index in [9.17, 15) is 4.39 Å². The van der Waals surface area contributed by atoms with Gasteiger partial charge in [0.15, 0.2) is 0 Å². The van der Waals surface area contributed by atoms with E-state index in [1.165, 1.54) is 6.07 Å². The van der Waals surface area contributed by atoms with Crippen molar-refractivity contribution < 1.29 is 13.9 Å². The Morgan fingerprint density at radius 3 is 2.88 bits per heavy atom. The van der Waals surface area contributed by atoms with Gasteiger partial charge in [-0.15, -0.1) is 0 Å². The number of nitrogens with zero attached hydrogens (tertiary/aromatic N) is 1. The van der Waals surface area contributed by atoms with Crippen LogP contribution < -0.4 is 10.1 Å². The minimum absolute atomic E-state index is 0.357. The van der Waals surface area contributed by atoms with Crippen LogP contribution in [0.5, 0.6) is 5.88 Å². The molecule has 0 saturated carbocycles. The first kappa shape index (κ1) is 13.9. The van der Waals surface area contributed by atoms with Crippen LogP contribution in [0.4, 0.5) is 4.39 Å². The molecule has 17 heavy (non-hydrogen) atoms. The van der Waals surface area contributed by atoms with Gasteiger partial charge in [0, 0.05) is 18.7 Å². The average molecular weight is 242 g/mol. The number of ether oxygens (including phenoxy) is 2. The molecule has 0 radical (unpaired) electrons. The van der Waals surface area contributed by atoms with Gasteiger partial charge in [0.1, 0.15) is 12.4 Å². The molecular formula is C12H19FN2O2. The summed E-state index contributed by atoms with van der Waals surface area (Å²) in [6.07, 6.45) is 2.14. The molecule has 0 amide bonds. The van der Waals surface area contributed by atoms with Crippen molar-refractivity contribution in [2.24, 2.45) is 0 Å². The van der Waals surface area contributed by atoms with Crippen LogP contribution in [0.2, 0.25) is 0 Å². The Bertz CT molecular complexity index is 334. The number of halogens is 1. The van der Waals surface area contributed by atoms with E-state index in [1.54, 1.807) is 7.05 Å². The lowest BCUT2D eigenvalue weighted by molar-refractivity contribution is 0.0985. The summed E-state index contributed by atoms with van der Waals surface area (Å²) in [5.74, 6) is 0.102. The zero-order valence-electron chi connectivity index (χ0n) is 10.3. The zero-order valence-corrected chi connectivity index (χ0v) is 10.3. The van der Waals surface area contributed by atoms with Crippen LogP contribution in [-0.2, 0) is 11.3 Å². The number of hydrogen-bond donors (Lipinski definition) is 1.